The number of aryl methyl sites for hydroxylation is 1. The molecule has 0 radical (unpaired) electrons. The summed E-state index contributed by atoms with van der Waals surface area (Å²) >= 11 is 1.54. The first kappa shape index (κ1) is 16.1. The van der Waals surface area contributed by atoms with E-state index in [4.69, 9.17) is 0 Å². The minimum Gasteiger partial charge on any atom is -0.240 e. The number of rotatable bonds is 7. The second-order valence-corrected chi connectivity index (χ2v) is 7.74. The van der Waals surface area contributed by atoms with Gasteiger partial charge in [0.1, 0.15) is 5.01 Å². The number of hydrogen-bond donors (Lipinski definition) is 1. The van der Waals surface area contributed by atoms with Crippen LogP contribution in [0.25, 0.3) is 10.6 Å². The molecule has 0 aliphatic carbocycles. The van der Waals surface area contributed by atoms with E-state index in [9.17, 15) is 8.42 Å². The summed E-state index contributed by atoms with van der Waals surface area (Å²) in [6.45, 7) is 4.28. The van der Waals surface area contributed by atoms with E-state index in [0.717, 1.165) is 22.7 Å². The Hall–Kier alpha value is -1.24. The third kappa shape index (κ3) is 4.62. The minimum absolute atomic E-state index is 0.179. The van der Waals surface area contributed by atoms with Crippen LogP contribution in [0.1, 0.15) is 31.0 Å². The Morgan fingerprint density at radius 3 is 2.76 bits per heavy atom. The van der Waals surface area contributed by atoms with E-state index in [0.29, 0.717) is 6.42 Å². The predicted molar refractivity (Wildman–Crippen MR) is 87.8 cm³/mol. The van der Waals surface area contributed by atoms with Crippen LogP contribution in [-0.4, -0.2) is 19.2 Å². The van der Waals surface area contributed by atoms with Crippen molar-refractivity contribution in [3.05, 3.63) is 40.9 Å². The van der Waals surface area contributed by atoms with Crippen molar-refractivity contribution >= 4 is 21.4 Å². The molecule has 1 aromatic carbocycles. The van der Waals surface area contributed by atoms with E-state index >= 15 is 0 Å². The van der Waals surface area contributed by atoms with Crippen LogP contribution in [0.2, 0.25) is 0 Å². The molecule has 0 fully saturated rings. The van der Waals surface area contributed by atoms with Gasteiger partial charge >= 0.3 is 0 Å². The van der Waals surface area contributed by atoms with Crippen LogP contribution in [0.15, 0.2) is 29.6 Å². The Morgan fingerprint density at radius 1 is 1.29 bits per heavy atom. The van der Waals surface area contributed by atoms with Gasteiger partial charge in [-0.3, -0.25) is 0 Å². The standard InChI is InChI=1S/C15H20N2O2S2/c1-3-4-9-21(18,19)16-10-13-11-20-15(17-13)14-8-6-5-7-12(14)2/h5-8,11,16H,3-4,9-10H2,1-2H3. The van der Waals surface area contributed by atoms with Crippen LogP contribution in [0.3, 0.4) is 0 Å². The lowest BCUT2D eigenvalue weighted by Crippen LogP contribution is -2.26. The van der Waals surface area contributed by atoms with Crippen molar-refractivity contribution in [3.8, 4) is 10.6 Å². The first-order chi connectivity index (χ1) is 10.0. The van der Waals surface area contributed by atoms with Crippen molar-refractivity contribution < 1.29 is 8.42 Å². The number of sulfonamides is 1. The van der Waals surface area contributed by atoms with Gasteiger partial charge in [-0.15, -0.1) is 11.3 Å². The fourth-order valence-electron chi connectivity index (χ4n) is 1.92. The molecule has 2 aromatic rings. The molecule has 0 aliphatic rings. The number of thiazole rings is 1. The molecular weight excluding hydrogens is 304 g/mol. The smallest absolute Gasteiger partial charge is 0.211 e. The predicted octanol–water partition coefficient (Wildman–Crippen LogP) is 3.34. The van der Waals surface area contributed by atoms with E-state index in [1.165, 1.54) is 16.9 Å². The summed E-state index contributed by atoms with van der Waals surface area (Å²) in [5.74, 6) is 0.179. The molecule has 0 unspecified atom stereocenters. The molecule has 6 heteroatoms. The Balaban J connectivity index is 2.03. The van der Waals surface area contributed by atoms with Crippen molar-refractivity contribution in [2.45, 2.75) is 33.2 Å². The molecule has 114 valence electrons. The normalized spacial score (nSPS) is 11.7. The lowest BCUT2D eigenvalue weighted by Gasteiger charge is -2.04. The maximum absolute atomic E-state index is 11.8. The Kier molecular flexibility index (Phi) is 5.50. The molecular formula is C15H20N2O2S2. The van der Waals surface area contributed by atoms with Crippen molar-refractivity contribution in [3.63, 3.8) is 0 Å². The monoisotopic (exact) mass is 324 g/mol. The van der Waals surface area contributed by atoms with Crippen LogP contribution in [-0.2, 0) is 16.6 Å². The third-order valence-corrected chi connectivity index (χ3v) is 5.50. The van der Waals surface area contributed by atoms with E-state index in [1.807, 2.05) is 43.5 Å². The highest BCUT2D eigenvalue weighted by Gasteiger charge is 2.11. The number of aromatic nitrogens is 1. The summed E-state index contributed by atoms with van der Waals surface area (Å²) in [4.78, 5) is 4.52. The van der Waals surface area contributed by atoms with Crippen LogP contribution in [0, 0.1) is 6.92 Å². The van der Waals surface area contributed by atoms with Gasteiger partial charge in [-0.1, -0.05) is 37.6 Å². The lowest BCUT2D eigenvalue weighted by molar-refractivity contribution is 0.577. The van der Waals surface area contributed by atoms with Gasteiger partial charge in [-0.25, -0.2) is 18.1 Å². The van der Waals surface area contributed by atoms with Crippen LogP contribution in [0.5, 0.6) is 0 Å². The fourth-order valence-corrected chi connectivity index (χ4v) is 4.01. The van der Waals surface area contributed by atoms with Gasteiger partial charge in [-0.05, 0) is 18.9 Å². The average molecular weight is 324 g/mol. The van der Waals surface area contributed by atoms with E-state index in [1.54, 1.807) is 0 Å². The van der Waals surface area contributed by atoms with Crippen molar-refractivity contribution in [2.75, 3.05) is 5.75 Å². The number of hydrogen-bond acceptors (Lipinski definition) is 4. The highest BCUT2D eigenvalue weighted by atomic mass is 32.2. The molecule has 0 aliphatic heterocycles. The quantitative estimate of drug-likeness (QED) is 0.850. The molecule has 4 nitrogen and oxygen atoms in total. The first-order valence-corrected chi connectivity index (χ1v) is 9.53. The molecule has 0 saturated carbocycles. The van der Waals surface area contributed by atoms with Crippen LogP contribution >= 0.6 is 11.3 Å². The molecule has 1 aromatic heterocycles. The van der Waals surface area contributed by atoms with Gasteiger partial charge in [0.15, 0.2) is 0 Å². The molecule has 0 spiro atoms. The third-order valence-electron chi connectivity index (χ3n) is 3.17. The summed E-state index contributed by atoms with van der Waals surface area (Å²) in [5, 5.41) is 2.83. The number of unbranched alkanes of at least 4 members (excludes halogenated alkanes) is 1. The largest absolute Gasteiger partial charge is 0.240 e. The van der Waals surface area contributed by atoms with Gasteiger partial charge in [-0.2, -0.15) is 0 Å². The SMILES string of the molecule is CCCCS(=O)(=O)NCc1csc(-c2ccccc2C)n1. The van der Waals surface area contributed by atoms with Gasteiger partial charge in [0.2, 0.25) is 10.0 Å². The van der Waals surface area contributed by atoms with Crippen molar-refractivity contribution in [1.82, 2.24) is 9.71 Å². The molecule has 1 N–H and O–H groups in total. The number of nitrogens with one attached hydrogen (secondary N) is 1. The van der Waals surface area contributed by atoms with Crippen LogP contribution in [0.4, 0.5) is 0 Å². The first-order valence-electron chi connectivity index (χ1n) is 6.99. The zero-order chi connectivity index (χ0) is 15.3. The minimum atomic E-state index is -3.19. The molecule has 21 heavy (non-hydrogen) atoms. The Morgan fingerprint density at radius 2 is 2.05 bits per heavy atom. The highest BCUT2D eigenvalue weighted by molar-refractivity contribution is 7.89. The second-order valence-electron chi connectivity index (χ2n) is 4.95. The van der Waals surface area contributed by atoms with Gasteiger partial charge in [0.25, 0.3) is 0 Å². The fraction of sp³-hybridized carbons (Fsp3) is 0.400. The average Bonchev–Trinajstić information content (AvgIpc) is 2.92. The maximum Gasteiger partial charge on any atom is 0.211 e. The molecule has 0 amide bonds. The zero-order valence-corrected chi connectivity index (χ0v) is 13.9. The summed E-state index contributed by atoms with van der Waals surface area (Å²) < 4.78 is 26.1. The molecule has 0 bridgehead atoms. The highest BCUT2D eigenvalue weighted by Crippen LogP contribution is 2.26. The van der Waals surface area contributed by atoms with E-state index in [2.05, 4.69) is 9.71 Å². The Labute approximate surface area is 130 Å². The van der Waals surface area contributed by atoms with Gasteiger partial charge < -0.3 is 0 Å². The van der Waals surface area contributed by atoms with E-state index in [-0.39, 0.29) is 12.3 Å². The zero-order valence-electron chi connectivity index (χ0n) is 12.3. The summed E-state index contributed by atoms with van der Waals surface area (Å²) in [7, 11) is -3.19. The summed E-state index contributed by atoms with van der Waals surface area (Å²) in [5.41, 5.74) is 3.03. The van der Waals surface area contributed by atoms with Crippen molar-refractivity contribution in [1.29, 1.82) is 0 Å². The molecule has 1 heterocycles. The lowest BCUT2D eigenvalue weighted by atomic mass is 10.1. The molecule has 2 rings (SSSR count). The van der Waals surface area contributed by atoms with E-state index < -0.39 is 10.0 Å². The van der Waals surface area contributed by atoms with Gasteiger partial charge in [0, 0.05) is 10.9 Å². The Bertz CT molecular complexity index is 693. The van der Waals surface area contributed by atoms with Crippen LogP contribution < -0.4 is 4.72 Å². The maximum atomic E-state index is 11.8. The summed E-state index contributed by atoms with van der Waals surface area (Å²) in [6, 6.07) is 8.05. The topological polar surface area (TPSA) is 59.1 Å². The number of nitrogens with zero attached hydrogens (tertiary/aromatic N) is 1. The summed E-state index contributed by atoms with van der Waals surface area (Å²) in [6.07, 6.45) is 1.55. The molecule has 0 saturated heterocycles. The van der Waals surface area contributed by atoms with Gasteiger partial charge in [0.05, 0.1) is 18.0 Å². The van der Waals surface area contributed by atoms with Crippen molar-refractivity contribution in [2.24, 2.45) is 0 Å². The molecule has 0 atom stereocenters. The number of benzene rings is 1. The second kappa shape index (κ2) is 7.15.